The zero-order valence-electron chi connectivity index (χ0n) is 13.6. The summed E-state index contributed by atoms with van der Waals surface area (Å²) in [7, 11) is 0. The molecule has 0 aliphatic carbocycles. The van der Waals surface area contributed by atoms with Gasteiger partial charge in [-0.3, -0.25) is 4.98 Å². The van der Waals surface area contributed by atoms with Crippen molar-refractivity contribution in [2.45, 2.75) is 6.42 Å². The number of rotatable bonds is 2. The molecule has 0 atom stereocenters. The Kier molecular flexibility index (Phi) is 3.28. The second kappa shape index (κ2) is 5.52. The molecule has 2 saturated heterocycles. The second-order valence-corrected chi connectivity index (χ2v) is 7.30. The van der Waals surface area contributed by atoms with E-state index in [1.54, 1.807) is 18.6 Å². The van der Waals surface area contributed by atoms with Crippen LogP contribution >= 0.6 is 11.6 Å². The molecule has 0 bridgehead atoms. The molecule has 6 nitrogen and oxygen atoms in total. The average Bonchev–Trinajstić information content (AvgIpc) is 3.06. The van der Waals surface area contributed by atoms with Crippen molar-refractivity contribution in [3.63, 3.8) is 0 Å². The lowest BCUT2D eigenvalue weighted by atomic mass is 9.79. The molecule has 2 aliphatic rings. The molecule has 2 fully saturated rings. The Morgan fingerprint density at radius 3 is 2.56 bits per heavy atom. The Labute approximate surface area is 150 Å². The standard InChI is InChI=1S/C18H17ClN6/c19-15-9-14-13(3-1-5-20-14)16(23-15)24-8-4-18(10-24)11-25(12-18)17-21-6-2-7-22-17/h1-3,5-7,9H,4,8,10-12H2. The maximum absolute atomic E-state index is 6.22. The van der Waals surface area contributed by atoms with Crippen LogP contribution in [0.15, 0.2) is 42.9 Å². The summed E-state index contributed by atoms with van der Waals surface area (Å²) in [6.45, 7) is 3.95. The Balaban J connectivity index is 1.39. The van der Waals surface area contributed by atoms with Crippen LogP contribution in [0.4, 0.5) is 11.8 Å². The van der Waals surface area contributed by atoms with Crippen molar-refractivity contribution in [1.29, 1.82) is 0 Å². The fraction of sp³-hybridized carbons (Fsp3) is 0.333. The maximum atomic E-state index is 6.22. The Morgan fingerprint density at radius 2 is 1.72 bits per heavy atom. The first kappa shape index (κ1) is 14.8. The van der Waals surface area contributed by atoms with Gasteiger partial charge in [-0.25, -0.2) is 15.0 Å². The smallest absolute Gasteiger partial charge is 0.225 e. The minimum absolute atomic E-state index is 0.289. The van der Waals surface area contributed by atoms with Crippen molar-refractivity contribution < 1.29 is 0 Å². The lowest BCUT2D eigenvalue weighted by Gasteiger charge is -2.47. The van der Waals surface area contributed by atoms with Crippen LogP contribution in [0.3, 0.4) is 0 Å². The van der Waals surface area contributed by atoms with Gasteiger partial charge in [0, 0.05) is 61.6 Å². The van der Waals surface area contributed by atoms with E-state index in [1.807, 2.05) is 18.2 Å². The van der Waals surface area contributed by atoms with Crippen molar-refractivity contribution in [2.24, 2.45) is 5.41 Å². The van der Waals surface area contributed by atoms with Gasteiger partial charge in [-0.2, -0.15) is 0 Å². The van der Waals surface area contributed by atoms with Crippen LogP contribution in [0.25, 0.3) is 10.9 Å². The molecule has 7 heteroatoms. The number of hydrogen-bond acceptors (Lipinski definition) is 6. The van der Waals surface area contributed by atoms with Gasteiger partial charge < -0.3 is 9.80 Å². The van der Waals surface area contributed by atoms with E-state index >= 15 is 0 Å². The molecule has 0 N–H and O–H groups in total. The summed E-state index contributed by atoms with van der Waals surface area (Å²) in [5, 5.41) is 1.56. The quantitative estimate of drug-likeness (QED) is 0.661. The third-order valence-corrected chi connectivity index (χ3v) is 5.37. The average molecular weight is 353 g/mol. The van der Waals surface area contributed by atoms with Crippen molar-refractivity contribution in [3.05, 3.63) is 48.0 Å². The summed E-state index contributed by atoms with van der Waals surface area (Å²) in [5.74, 6) is 1.77. The molecule has 0 aromatic carbocycles. The molecular weight excluding hydrogens is 336 g/mol. The molecule has 0 radical (unpaired) electrons. The number of nitrogens with zero attached hydrogens (tertiary/aromatic N) is 6. The van der Waals surface area contributed by atoms with Crippen LogP contribution in [0.1, 0.15) is 6.42 Å². The lowest BCUT2D eigenvalue weighted by Crippen LogP contribution is -2.58. The molecule has 25 heavy (non-hydrogen) atoms. The monoisotopic (exact) mass is 352 g/mol. The number of aromatic nitrogens is 4. The summed E-state index contributed by atoms with van der Waals surface area (Å²) < 4.78 is 0. The van der Waals surface area contributed by atoms with Gasteiger partial charge in [-0.05, 0) is 24.6 Å². The highest BCUT2D eigenvalue weighted by molar-refractivity contribution is 6.30. The third-order valence-electron chi connectivity index (χ3n) is 5.17. The van der Waals surface area contributed by atoms with E-state index in [2.05, 4.69) is 35.8 Å². The van der Waals surface area contributed by atoms with Crippen molar-refractivity contribution in [3.8, 4) is 0 Å². The first-order chi connectivity index (χ1) is 12.2. The van der Waals surface area contributed by atoms with E-state index in [9.17, 15) is 0 Å². The first-order valence-corrected chi connectivity index (χ1v) is 8.79. The Morgan fingerprint density at radius 1 is 0.960 bits per heavy atom. The fourth-order valence-electron chi connectivity index (χ4n) is 4.00. The van der Waals surface area contributed by atoms with Crippen LogP contribution in [-0.2, 0) is 0 Å². The molecule has 0 unspecified atom stereocenters. The molecule has 126 valence electrons. The number of fused-ring (bicyclic) bond motifs is 1. The van der Waals surface area contributed by atoms with Gasteiger partial charge >= 0.3 is 0 Å². The third kappa shape index (κ3) is 2.48. The topological polar surface area (TPSA) is 58.0 Å². The minimum atomic E-state index is 0.289. The molecule has 3 aromatic heterocycles. The highest BCUT2D eigenvalue weighted by atomic mass is 35.5. The van der Waals surface area contributed by atoms with E-state index in [-0.39, 0.29) is 5.41 Å². The summed E-state index contributed by atoms with van der Waals surface area (Å²) >= 11 is 6.22. The van der Waals surface area contributed by atoms with Crippen LogP contribution in [-0.4, -0.2) is 46.1 Å². The zero-order valence-corrected chi connectivity index (χ0v) is 14.4. The van der Waals surface area contributed by atoms with E-state index < -0.39 is 0 Å². The molecule has 2 aliphatic heterocycles. The number of anilines is 2. The van der Waals surface area contributed by atoms with Gasteiger partial charge in [-0.1, -0.05) is 11.6 Å². The molecular formula is C18H17ClN6. The van der Waals surface area contributed by atoms with Gasteiger partial charge in [0.2, 0.25) is 5.95 Å². The van der Waals surface area contributed by atoms with E-state index in [0.29, 0.717) is 5.15 Å². The fourth-order valence-corrected chi connectivity index (χ4v) is 4.19. The van der Waals surface area contributed by atoms with Gasteiger partial charge in [0.15, 0.2) is 0 Å². The predicted molar refractivity (Wildman–Crippen MR) is 98.1 cm³/mol. The summed E-state index contributed by atoms with van der Waals surface area (Å²) in [5.41, 5.74) is 1.18. The van der Waals surface area contributed by atoms with Gasteiger partial charge in [0.25, 0.3) is 0 Å². The highest BCUT2D eigenvalue weighted by Crippen LogP contribution is 2.43. The molecule has 3 aromatic rings. The molecule has 1 spiro atoms. The summed E-state index contributed by atoms with van der Waals surface area (Å²) in [6.07, 6.45) is 6.52. The number of hydrogen-bond donors (Lipinski definition) is 0. The normalized spacial score (nSPS) is 18.8. The summed E-state index contributed by atoms with van der Waals surface area (Å²) in [4.78, 5) is 22.3. The molecule has 5 heterocycles. The second-order valence-electron chi connectivity index (χ2n) is 6.92. The van der Waals surface area contributed by atoms with Crippen LogP contribution < -0.4 is 9.80 Å². The molecule has 5 rings (SSSR count). The SMILES string of the molecule is Clc1cc2ncccc2c(N2CCC3(CN(c4ncccn4)C3)C2)n1. The van der Waals surface area contributed by atoms with E-state index in [4.69, 9.17) is 11.6 Å². The van der Waals surface area contributed by atoms with Crippen LogP contribution in [0.5, 0.6) is 0 Å². The molecule has 0 amide bonds. The Hall–Kier alpha value is -2.47. The highest BCUT2D eigenvalue weighted by Gasteiger charge is 2.49. The predicted octanol–water partition coefficient (Wildman–Crippen LogP) is 2.79. The van der Waals surface area contributed by atoms with Crippen LogP contribution in [0, 0.1) is 5.41 Å². The van der Waals surface area contributed by atoms with Gasteiger partial charge in [0.1, 0.15) is 11.0 Å². The molecule has 0 saturated carbocycles. The van der Waals surface area contributed by atoms with Gasteiger partial charge in [0.05, 0.1) is 5.52 Å². The van der Waals surface area contributed by atoms with Crippen molar-refractivity contribution >= 4 is 34.3 Å². The largest absolute Gasteiger partial charge is 0.355 e. The lowest BCUT2D eigenvalue weighted by molar-refractivity contribution is 0.243. The van der Waals surface area contributed by atoms with Gasteiger partial charge in [-0.15, -0.1) is 0 Å². The number of pyridine rings is 2. The zero-order chi connectivity index (χ0) is 16.9. The Bertz CT molecular complexity index is 925. The first-order valence-electron chi connectivity index (χ1n) is 8.41. The number of halogens is 1. The van der Waals surface area contributed by atoms with E-state index in [1.165, 1.54) is 0 Å². The summed E-state index contributed by atoms with van der Waals surface area (Å²) in [6, 6.07) is 7.69. The van der Waals surface area contributed by atoms with Crippen LogP contribution in [0.2, 0.25) is 5.15 Å². The minimum Gasteiger partial charge on any atom is -0.355 e. The van der Waals surface area contributed by atoms with E-state index in [0.717, 1.165) is 55.3 Å². The maximum Gasteiger partial charge on any atom is 0.225 e. The van der Waals surface area contributed by atoms with Crippen molar-refractivity contribution in [1.82, 2.24) is 19.9 Å². The van der Waals surface area contributed by atoms with Crippen molar-refractivity contribution in [2.75, 3.05) is 36.0 Å².